The Morgan fingerprint density at radius 2 is 1.60 bits per heavy atom. The zero-order valence-corrected chi connectivity index (χ0v) is 10.3. The van der Waals surface area contributed by atoms with Gasteiger partial charge in [-0.1, -0.05) is 20.8 Å². The summed E-state index contributed by atoms with van der Waals surface area (Å²) in [6.07, 6.45) is 7.59. The van der Waals surface area contributed by atoms with Crippen LogP contribution in [0.5, 0.6) is 0 Å². The Bertz CT molecular complexity index is 278. The molecule has 2 unspecified atom stereocenters. The topological polar surface area (TPSA) is 20.2 Å². The van der Waals surface area contributed by atoms with Crippen molar-refractivity contribution in [2.24, 2.45) is 22.7 Å². The summed E-state index contributed by atoms with van der Waals surface area (Å²) < 4.78 is 0. The van der Waals surface area contributed by atoms with E-state index < -0.39 is 0 Å². The van der Waals surface area contributed by atoms with E-state index in [1.807, 2.05) is 0 Å². The Morgan fingerprint density at radius 3 is 2.07 bits per heavy atom. The van der Waals surface area contributed by atoms with E-state index in [1.165, 1.54) is 25.7 Å². The summed E-state index contributed by atoms with van der Waals surface area (Å²) in [5.74, 6) is 1.66. The first-order valence-corrected chi connectivity index (χ1v) is 6.65. The van der Waals surface area contributed by atoms with Crippen molar-refractivity contribution in [1.82, 2.24) is 0 Å². The van der Waals surface area contributed by atoms with Crippen molar-refractivity contribution in [2.45, 2.75) is 64.9 Å². The maximum Gasteiger partial charge on any atom is 0.0709 e. The van der Waals surface area contributed by atoms with Crippen LogP contribution in [0.4, 0.5) is 0 Å². The summed E-state index contributed by atoms with van der Waals surface area (Å²) in [6.45, 7) is 6.99. The summed E-state index contributed by atoms with van der Waals surface area (Å²) in [5.41, 5.74) is 0.251. The van der Waals surface area contributed by atoms with Gasteiger partial charge in [0.05, 0.1) is 5.60 Å². The molecule has 4 saturated carbocycles. The highest BCUT2D eigenvalue weighted by atomic mass is 16.3. The van der Waals surface area contributed by atoms with Gasteiger partial charge < -0.3 is 5.11 Å². The van der Waals surface area contributed by atoms with Crippen LogP contribution in [0, 0.1) is 22.7 Å². The quantitative estimate of drug-likeness (QED) is 0.700. The zero-order chi connectivity index (χ0) is 10.9. The normalized spacial score (nSPS) is 56.0. The minimum Gasteiger partial charge on any atom is -0.389 e. The van der Waals surface area contributed by atoms with Crippen molar-refractivity contribution >= 4 is 0 Å². The van der Waals surface area contributed by atoms with E-state index in [2.05, 4.69) is 20.8 Å². The van der Waals surface area contributed by atoms with Crippen LogP contribution in [0.1, 0.15) is 59.3 Å². The van der Waals surface area contributed by atoms with E-state index in [4.69, 9.17) is 0 Å². The van der Waals surface area contributed by atoms with Crippen molar-refractivity contribution in [3.8, 4) is 0 Å². The van der Waals surface area contributed by atoms with Crippen molar-refractivity contribution in [1.29, 1.82) is 0 Å². The molecule has 4 fully saturated rings. The van der Waals surface area contributed by atoms with Crippen LogP contribution < -0.4 is 0 Å². The molecule has 0 amide bonds. The molecule has 1 heteroatoms. The number of rotatable bonds is 1. The van der Waals surface area contributed by atoms with Gasteiger partial charge in [0, 0.05) is 0 Å². The van der Waals surface area contributed by atoms with E-state index in [-0.39, 0.29) is 11.0 Å². The predicted octanol–water partition coefficient (Wildman–Crippen LogP) is 3.36. The standard InChI is InChI=1S/C14H24O/c1-4-13-6-10-5-11(7-13)9-14(15,8-10)12(13,2)3/h10-11,15H,4-9H2,1-3H3. The molecule has 2 atom stereocenters. The van der Waals surface area contributed by atoms with Gasteiger partial charge in [-0.2, -0.15) is 0 Å². The van der Waals surface area contributed by atoms with Gasteiger partial charge in [-0.15, -0.1) is 0 Å². The van der Waals surface area contributed by atoms with Crippen LogP contribution in [-0.4, -0.2) is 10.7 Å². The smallest absolute Gasteiger partial charge is 0.0709 e. The third kappa shape index (κ3) is 0.988. The number of aliphatic hydroxyl groups is 1. The molecule has 4 rings (SSSR count). The Labute approximate surface area is 93.3 Å². The Kier molecular flexibility index (Phi) is 1.77. The largest absolute Gasteiger partial charge is 0.389 e. The Hall–Kier alpha value is -0.0400. The fourth-order valence-corrected chi connectivity index (χ4v) is 5.42. The van der Waals surface area contributed by atoms with Gasteiger partial charge in [0.15, 0.2) is 0 Å². The van der Waals surface area contributed by atoms with E-state index in [0.29, 0.717) is 5.41 Å². The molecule has 0 radical (unpaired) electrons. The third-order valence-corrected chi connectivity index (χ3v) is 6.44. The second kappa shape index (κ2) is 2.61. The number of hydrogen-bond acceptors (Lipinski definition) is 1. The molecule has 0 spiro atoms. The summed E-state index contributed by atoms with van der Waals surface area (Å²) in [4.78, 5) is 0. The van der Waals surface area contributed by atoms with E-state index in [9.17, 15) is 5.11 Å². The van der Waals surface area contributed by atoms with Crippen molar-refractivity contribution in [3.05, 3.63) is 0 Å². The van der Waals surface area contributed by atoms with Crippen LogP contribution in [0.15, 0.2) is 0 Å². The molecular weight excluding hydrogens is 184 g/mol. The highest BCUT2D eigenvalue weighted by molar-refractivity contribution is 5.16. The van der Waals surface area contributed by atoms with Gasteiger partial charge in [0.1, 0.15) is 0 Å². The van der Waals surface area contributed by atoms with Gasteiger partial charge >= 0.3 is 0 Å². The molecule has 4 bridgehead atoms. The van der Waals surface area contributed by atoms with Crippen molar-refractivity contribution < 1.29 is 5.11 Å². The fraction of sp³-hybridized carbons (Fsp3) is 1.00. The first-order chi connectivity index (χ1) is 6.92. The molecule has 4 aliphatic rings. The molecule has 4 aliphatic carbocycles. The Morgan fingerprint density at radius 1 is 1.07 bits per heavy atom. The minimum atomic E-state index is -0.340. The van der Waals surface area contributed by atoms with Gasteiger partial charge in [-0.25, -0.2) is 0 Å². The first-order valence-electron chi connectivity index (χ1n) is 6.65. The van der Waals surface area contributed by atoms with Crippen LogP contribution in [0.25, 0.3) is 0 Å². The van der Waals surface area contributed by atoms with Gasteiger partial charge in [-0.3, -0.25) is 0 Å². The predicted molar refractivity (Wildman–Crippen MR) is 61.5 cm³/mol. The molecule has 86 valence electrons. The lowest BCUT2D eigenvalue weighted by Gasteiger charge is -2.69. The lowest BCUT2D eigenvalue weighted by molar-refractivity contribution is -0.257. The third-order valence-electron chi connectivity index (χ3n) is 6.44. The summed E-state index contributed by atoms with van der Waals surface area (Å²) >= 11 is 0. The molecule has 0 aromatic rings. The zero-order valence-electron chi connectivity index (χ0n) is 10.3. The first kappa shape index (κ1) is 10.1. The second-order valence-corrected chi connectivity index (χ2v) is 7.07. The average molecular weight is 208 g/mol. The molecule has 1 nitrogen and oxygen atoms in total. The lowest BCUT2D eigenvalue weighted by atomic mass is 9.37. The summed E-state index contributed by atoms with van der Waals surface area (Å²) in [7, 11) is 0. The highest BCUT2D eigenvalue weighted by Crippen LogP contribution is 2.70. The maximum atomic E-state index is 10.9. The monoisotopic (exact) mass is 208 g/mol. The molecule has 15 heavy (non-hydrogen) atoms. The molecule has 0 aromatic carbocycles. The van der Waals surface area contributed by atoms with E-state index in [1.54, 1.807) is 0 Å². The molecule has 0 aromatic heterocycles. The maximum absolute atomic E-state index is 10.9. The van der Waals surface area contributed by atoms with Crippen LogP contribution in [0.3, 0.4) is 0 Å². The lowest BCUT2D eigenvalue weighted by Crippen LogP contribution is -2.66. The summed E-state index contributed by atoms with van der Waals surface area (Å²) in [5, 5.41) is 10.9. The van der Waals surface area contributed by atoms with Crippen molar-refractivity contribution in [3.63, 3.8) is 0 Å². The molecule has 0 heterocycles. The average Bonchev–Trinajstić information content (AvgIpc) is 2.13. The molecule has 1 N–H and O–H groups in total. The Balaban J connectivity index is 2.09. The van der Waals surface area contributed by atoms with Crippen LogP contribution >= 0.6 is 0 Å². The minimum absolute atomic E-state index is 0.141. The van der Waals surface area contributed by atoms with E-state index in [0.717, 1.165) is 24.7 Å². The number of hydrogen-bond donors (Lipinski definition) is 1. The molecule has 0 aliphatic heterocycles. The van der Waals surface area contributed by atoms with E-state index >= 15 is 0 Å². The van der Waals surface area contributed by atoms with Gasteiger partial charge in [0.2, 0.25) is 0 Å². The fourth-order valence-electron chi connectivity index (χ4n) is 5.42. The van der Waals surface area contributed by atoms with Crippen LogP contribution in [-0.2, 0) is 0 Å². The van der Waals surface area contributed by atoms with Gasteiger partial charge in [0.25, 0.3) is 0 Å². The van der Waals surface area contributed by atoms with Crippen LogP contribution in [0.2, 0.25) is 0 Å². The SMILES string of the molecule is CCC12CC3CC(CC(O)(C3)C1(C)C)C2. The molecular formula is C14H24O. The highest BCUT2D eigenvalue weighted by Gasteiger charge is 2.66. The second-order valence-electron chi connectivity index (χ2n) is 7.07. The molecule has 0 saturated heterocycles. The van der Waals surface area contributed by atoms with Crippen molar-refractivity contribution in [2.75, 3.05) is 0 Å². The van der Waals surface area contributed by atoms with Gasteiger partial charge in [-0.05, 0) is 61.2 Å². The summed E-state index contributed by atoms with van der Waals surface area (Å²) in [6, 6.07) is 0.